The highest BCUT2D eigenvalue weighted by Gasteiger charge is 2.28. The number of hydrazone groups is 1. The first-order valence-corrected chi connectivity index (χ1v) is 8.22. The largest absolute Gasteiger partial charge is 0.493 e. The zero-order chi connectivity index (χ0) is 18.5. The standard InChI is InChI=1S/C21H20N2O3/c1-4-12-26-19-11-10-16(14-20(19)25-3)13-18-15(2)22-23(21(18)24)17-8-6-5-7-9-17/h4-11,13-14H,1,12H2,2-3H3/b18-13+. The minimum atomic E-state index is -0.153. The van der Waals surface area contributed by atoms with Gasteiger partial charge in [0, 0.05) is 0 Å². The molecule has 0 bridgehead atoms. The van der Waals surface area contributed by atoms with Gasteiger partial charge in [0.05, 0.1) is 24.1 Å². The predicted octanol–water partition coefficient (Wildman–Crippen LogP) is 4.07. The highest BCUT2D eigenvalue weighted by molar-refractivity contribution is 6.32. The van der Waals surface area contributed by atoms with E-state index in [0.717, 1.165) is 11.3 Å². The van der Waals surface area contributed by atoms with Gasteiger partial charge in [-0.05, 0) is 42.8 Å². The summed E-state index contributed by atoms with van der Waals surface area (Å²) in [5.74, 6) is 1.07. The summed E-state index contributed by atoms with van der Waals surface area (Å²) in [6.07, 6.45) is 3.48. The van der Waals surface area contributed by atoms with Crippen LogP contribution in [0.3, 0.4) is 0 Å². The maximum absolute atomic E-state index is 12.8. The van der Waals surface area contributed by atoms with Crippen molar-refractivity contribution in [2.75, 3.05) is 18.7 Å². The molecule has 1 aliphatic rings. The first-order chi connectivity index (χ1) is 12.6. The molecule has 132 valence electrons. The maximum atomic E-state index is 12.8. The number of methoxy groups -OCH3 is 1. The number of carbonyl (C=O) groups is 1. The second-order valence-corrected chi connectivity index (χ2v) is 5.71. The summed E-state index contributed by atoms with van der Waals surface area (Å²) in [5, 5.41) is 5.80. The fraction of sp³-hybridized carbons (Fsp3) is 0.143. The molecule has 0 unspecified atom stereocenters. The Morgan fingerprint density at radius 2 is 1.92 bits per heavy atom. The molecule has 0 atom stereocenters. The van der Waals surface area contributed by atoms with E-state index in [0.29, 0.717) is 29.4 Å². The van der Waals surface area contributed by atoms with E-state index < -0.39 is 0 Å². The minimum absolute atomic E-state index is 0.153. The molecule has 1 heterocycles. The molecule has 2 aromatic carbocycles. The number of hydrogen-bond donors (Lipinski definition) is 0. The van der Waals surface area contributed by atoms with Gasteiger partial charge >= 0.3 is 0 Å². The lowest BCUT2D eigenvalue weighted by atomic mass is 10.1. The Labute approximate surface area is 152 Å². The van der Waals surface area contributed by atoms with Crippen molar-refractivity contribution in [3.63, 3.8) is 0 Å². The normalized spacial score (nSPS) is 15.2. The monoisotopic (exact) mass is 348 g/mol. The lowest BCUT2D eigenvalue weighted by Gasteiger charge is -2.11. The van der Waals surface area contributed by atoms with E-state index in [1.54, 1.807) is 13.2 Å². The molecule has 0 saturated carbocycles. The van der Waals surface area contributed by atoms with Gasteiger partial charge in [-0.1, -0.05) is 36.9 Å². The number of para-hydroxylation sites is 1. The molecule has 0 aromatic heterocycles. The van der Waals surface area contributed by atoms with Gasteiger partial charge in [-0.25, -0.2) is 0 Å². The number of nitrogens with zero attached hydrogens (tertiary/aromatic N) is 2. The van der Waals surface area contributed by atoms with Crippen molar-refractivity contribution in [3.8, 4) is 11.5 Å². The van der Waals surface area contributed by atoms with Crippen LogP contribution in [0.4, 0.5) is 5.69 Å². The van der Waals surface area contributed by atoms with Crippen LogP contribution < -0.4 is 14.5 Å². The molecule has 0 spiro atoms. The molecule has 26 heavy (non-hydrogen) atoms. The van der Waals surface area contributed by atoms with E-state index in [9.17, 15) is 4.79 Å². The van der Waals surface area contributed by atoms with E-state index >= 15 is 0 Å². The van der Waals surface area contributed by atoms with Crippen LogP contribution in [0.25, 0.3) is 6.08 Å². The number of carbonyl (C=O) groups excluding carboxylic acids is 1. The Balaban J connectivity index is 1.89. The van der Waals surface area contributed by atoms with E-state index in [-0.39, 0.29) is 5.91 Å². The summed E-state index contributed by atoms with van der Waals surface area (Å²) < 4.78 is 10.9. The van der Waals surface area contributed by atoms with Gasteiger partial charge in [0.1, 0.15) is 6.61 Å². The molecular weight excluding hydrogens is 328 g/mol. The molecule has 2 aromatic rings. The van der Waals surface area contributed by atoms with Crippen LogP contribution in [0.5, 0.6) is 11.5 Å². The number of anilines is 1. The van der Waals surface area contributed by atoms with Crippen molar-refractivity contribution in [3.05, 3.63) is 72.3 Å². The minimum Gasteiger partial charge on any atom is -0.493 e. The van der Waals surface area contributed by atoms with Crippen LogP contribution in [0.2, 0.25) is 0 Å². The molecule has 3 rings (SSSR count). The topological polar surface area (TPSA) is 51.1 Å². The van der Waals surface area contributed by atoms with Crippen LogP contribution in [-0.2, 0) is 4.79 Å². The Bertz CT molecular complexity index is 885. The van der Waals surface area contributed by atoms with Gasteiger partial charge in [0.25, 0.3) is 5.91 Å². The van der Waals surface area contributed by atoms with Gasteiger partial charge in [-0.3, -0.25) is 4.79 Å². The van der Waals surface area contributed by atoms with Crippen molar-refractivity contribution in [1.82, 2.24) is 0 Å². The first-order valence-electron chi connectivity index (χ1n) is 8.22. The fourth-order valence-corrected chi connectivity index (χ4v) is 2.64. The third kappa shape index (κ3) is 3.52. The molecule has 1 amide bonds. The maximum Gasteiger partial charge on any atom is 0.280 e. The number of hydrogen-bond acceptors (Lipinski definition) is 4. The zero-order valence-corrected chi connectivity index (χ0v) is 14.8. The summed E-state index contributed by atoms with van der Waals surface area (Å²) in [7, 11) is 1.58. The molecule has 0 saturated heterocycles. The van der Waals surface area contributed by atoms with Gasteiger partial charge in [-0.15, -0.1) is 0 Å². The lowest BCUT2D eigenvalue weighted by Crippen LogP contribution is -2.21. The summed E-state index contributed by atoms with van der Waals surface area (Å²) >= 11 is 0. The zero-order valence-electron chi connectivity index (χ0n) is 14.8. The summed E-state index contributed by atoms with van der Waals surface area (Å²) in [4.78, 5) is 12.8. The van der Waals surface area contributed by atoms with Crippen LogP contribution >= 0.6 is 0 Å². The van der Waals surface area contributed by atoms with Gasteiger partial charge in [-0.2, -0.15) is 10.1 Å². The Hall–Kier alpha value is -3.34. The molecule has 0 fully saturated rings. The van der Waals surface area contributed by atoms with E-state index in [1.165, 1.54) is 5.01 Å². The molecule has 0 N–H and O–H groups in total. The van der Waals surface area contributed by atoms with Crippen molar-refractivity contribution < 1.29 is 14.3 Å². The predicted molar refractivity (Wildman–Crippen MR) is 104 cm³/mol. The summed E-state index contributed by atoms with van der Waals surface area (Å²) in [6.45, 7) is 5.86. The SMILES string of the molecule is C=CCOc1ccc(/C=C2/C(=O)N(c3ccccc3)N=C2C)cc1OC. The van der Waals surface area contributed by atoms with Crippen LogP contribution in [0, 0.1) is 0 Å². The third-order valence-corrected chi connectivity index (χ3v) is 3.92. The molecule has 1 aliphatic heterocycles. The average molecular weight is 348 g/mol. The average Bonchev–Trinajstić information content (AvgIpc) is 2.95. The number of ether oxygens (including phenoxy) is 2. The second-order valence-electron chi connectivity index (χ2n) is 5.71. The highest BCUT2D eigenvalue weighted by Crippen LogP contribution is 2.30. The van der Waals surface area contributed by atoms with Gasteiger partial charge < -0.3 is 9.47 Å². The second kappa shape index (κ2) is 7.70. The summed E-state index contributed by atoms with van der Waals surface area (Å²) in [5.41, 5.74) is 2.80. The summed E-state index contributed by atoms with van der Waals surface area (Å²) in [6, 6.07) is 14.9. The Morgan fingerprint density at radius 3 is 2.62 bits per heavy atom. The lowest BCUT2D eigenvalue weighted by molar-refractivity contribution is -0.114. The van der Waals surface area contributed by atoms with Crippen molar-refractivity contribution in [2.24, 2.45) is 5.10 Å². The number of amides is 1. The van der Waals surface area contributed by atoms with E-state index in [2.05, 4.69) is 11.7 Å². The van der Waals surface area contributed by atoms with Crippen LogP contribution in [-0.4, -0.2) is 25.3 Å². The molecule has 5 nitrogen and oxygen atoms in total. The van der Waals surface area contributed by atoms with Crippen molar-refractivity contribution >= 4 is 23.4 Å². The Kier molecular flexibility index (Phi) is 5.17. The molecule has 5 heteroatoms. The van der Waals surface area contributed by atoms with Crippen LogP contribution in [0.15, 0.2) is 71.9 Å². The van der Waals surface area contributed by atoms with Crippen molar-refractivity contribution in [2.45, 2.75) is 6.92 Å². The number of benzene rings is 2. The van der Waals surface area contributed by atoms with Crippen molar-refractivity contribution in [1.29, 1.82) is 0 Å². The molecule has 0 radical (unpaired) electrons. The van der Waals surface area contributed by atoms with Crippen LogP contribution in [0.1, 0.15) is 12.5 Å². The fourth-order valence-electron chi connectivity index (χ4n) is 2.64. The number of rotatable bonds is 6. The highest BCUT2D eigenvalue weighted by atomic mass is 16.5. The van der Waals surface area contributed by atoms with E-state index in [4.69, 9.17) is 9.47 Å². The Morgan fingerprint density at radius 1 is 1.15 bits per heavy atom. The van der Waals surface area contributed by atoms with Gasteiger partial charge in [0.2, 0.25) is 0 Å². The quantitative estimate of drug-likeness (QED) is 0.584. The first kappa shape index (κ1) is 17.5. The smallest absolute Gasteiger partial charge is 0.280 e. The third-order valence-electron chi connectivity index (χ3n) is 3.92. The molecular formula is C21H20N2O3. The van der Waals surface area contributed by atoms with E-state index in [1.807, 2.05) is 61.5 Å². The molecule has 0 aliphatic carbocycles. The van der Waals surface area contributed by atoms with Gasteiger partial charge in [0.15, 0.2) is 11.5 Å².